The molecule has 2 aliphatic rings. The van der Waals surface area contributed by atoms with Crippen LogP contribution in [0.5, 0.6) is 0 Å². The molecule has 0 saturated heterocycles. The van der Waals surface area contributed by atoms with Gasteiger partial charge in [-0.25, -0.2) is 15.0 Å². The highest BCUT2D eigenvalue weighted by molar-refractivity contribution is 6.20. The standard InChI is InChI=1S/C64H39N3/c1-2-16-40(17-3-1)46-20-8-9-26-54(46)63-66-61(43-32-30-42(31-33-43)60-48-22-7-5-19-44(48)38-55-47-21-6-4-18-41(47)34-37-53(55)60)65-62(67-63)45-35-36-52-51-25-12-15-29-58(51)64(59(52)39-45)56-27-13-10-23-49(56)50-24-11-14-28-57(50)64/h1-39H. The highest BCUT2D eigenvalue weighted by atomic mass is 15.0. The van der Waals surface area contributed by atoms with Crippen molar-refractivity contribution in [3.63, 3.8) is 0 Å². The largest absolute Gasteiger partial charge is 0.208 e. The van der Waals surface area contributed by atoms with Gasteiger partial charge in [-0.05, 0) is 111 Å². The summed E-state index contributed by atoms with van der Waals surface area (Å²) in [5.41, 5.74) is 17.1. The van der Waals surface area contributed by atoms with E-state index in [1.807, 2.05) is 0 Å². The Kier molecular flexibility index (Phi) is 8.20. The minimum Gasteiger partial charge on any atom is -0.208 e. The maximum atomic E-state index is 5.40. The molecule has 67 heavy (non-hydrogen) atoms. The quantitative estimate of drug-likeness (QED) is 0.128. The Bertz CT molecular complexity index is 3920. The fourth-order valence-electron chi connectivity index (χ4n) is 11.5. The van der Waals surface area contributed by atoms with Crippen molar-refractivity contribution in [2.75, 3.05) is 0 Å². The number of nitrogens with zero attached hydrogens (tertiary/aromatic N) is 3. The van der Waals surface area contributed by atoms with Crippen LogP contribution in [-0.2, 0) is 5.41 Å². The Balaban J connectivity index is 0.973. The topological polar surface area (TPSA) is 38.7 Å². The van der Waals surface area contributed by atoms with Crippen LogP contribution in [0, 0.1) is 0 Å². The van der Waals surface area contributed by atoms with Gasteiger partial charge in [0.25, 0.3) is 0 Å². The van der Waals surface area contributed by atoms with Crippen molar-refractivity contribution < 1.29 is 0 Å². The Labute approximate surface area is 388 Å². The van der Waals surface area contributed by atoms with E-state index < -0.39 is 5.41 Å². The average molecular weight is 850 g/mol. The molecule has 0 fully saturated rings. The van der Waals surface area contributed by atoms with Gasteiger partial charge in [0.05, 0.1) is 5.41 Å². The van der Waals surface area contributed by atoms with Gasteiger partial charge in [0.15, 0.2) is 17.5 Å². The predicted octanol–water partition coefficient (Wildman–Crippen LogP) is 16.0. The van der Waals surface area contributed by atoms with Crippen LogP contribution in [0.2, 0.25) is 0 Å². The third-order valence-electron chi connectivity index (χ3n) is 14.3. The molecule has 1 aromatic heterocycles. The van der Waals surface area contributed by atoms with Crippen LogP contribution in [0.4, 0.5) is 0 Å². The molecule has 11 aromatic carbocycles. The van der Waals surface area contributed by atoms with E-state index in [0.29, 0.717) is 17.5 Å². The van der Waals surface area contributed by atoms with Crippen LogP contribution in [0.15, 0.2) is 237 Å². The maximum absolute atomic E-state index is 5.40. The summed E-state index contributed by atoms with van der Waals surface area (Å²) in [5, 5.41) is 7.43. The molecule has 0 aliphatic heterocycles. The van der Waals surface area contributed by atoms with Crippen molar-refractivity contribution in [1.82, 2.24) is 15.0 Å². The van der Waals surface area contributed by atoms with Crippen LogP contribution >= 0.6 is 0 Å². The fourth-order valence-corrected chi connectivity index (χ4v) is 11.5. The molecular weight excluding hydrogens is 811 g/mol. The molecule has 310 valence electrons. The summed E-state index contributed by atoms with van der Waals surface area (Å²) in [5.74, 6) is 1.89. The van der Waals surface area contributed by atoms with E-state index >= 15 is 0 Å². The van der Waals surface area contributed by atoms with E-state index in [2.05, 4.69) is 237 Å². The first-order valence-corrected chi connectivity index (χ1v) is 23.0. The van der Waals surface area contributed by atoms with E-state index in [0.717, 1.165) is 33.4 Å². The first-order valence-electron chi connectivity index (χ1n) is 23.0. The highest BCUT2D eigenvalue weighted by Crippen LogP contribution is 2.63. The zero-order valence-corrected chi connectivity index (χ0v) is 36.4. The van der Waals surface area contributed by atoms with Crippen molar-refractivity contribution in [3.05, 3.63) is 259 Å². The lowest BCUT2D eigenvalue weighted by atomic mass is 9.70. The van der Waals surface area contributed by atoms with E-state index in [-0.39, 0.29) is 0 Å². The molecule has 0 atom stereocenters. The molecule has 2 aliphatic carbocycles. The highest BCUT2D eigenvalue weighted by Gasteiger charge is 2.51. The Morgan fingerprint density at radius 3 is 1.42 bits per heavy atom. The van der Waals surface area contributed by atoms with E-state index in [1.165, 1.54) is 82.4 Å². The van der Waals surface area contributed by atoms with Gasteiger partial charge in [-0.3, -0.25) is 0 Å². The van der Waals surface area contributed by atoms with Crippen LogP contribution in [0.1, 0.15) is 22.3 Å². The predicted molar refractivity (Wildman–Crippen MR) is 276 cm³/mol. The number of hydrogen-bond acceptors (Lipinski definition) is 3. The number of benzene rings is 11. The number of hydrogen-bond donors (Lipinski definition) is 0. The van der Waals surface area contributed by atoms with Gasteiger partial charge in [0.1, 0.15) is 0 Å². The van der Waals surface area contributed by atoms with Gasteiger partial charge >= 0.3 is 0 Å². The Morgan fingerprint density at radius 2 is 0.731 bits per heavy atom. The molecule has 1 spiro atoms. The van der Waals surface area contributed by atoms with Crippen LogP contribution in [-0.4, -0.2) is 15.0 Å². The SMILES string of the molecule is c1ccc(-c2ccccc2-c2nc(-c3ccc(-c4c5ccccc5cc5c4ccc4ccccc45)cc3)nc(-c3ccc4c(c3)C3(c5ccccc5-c5ccccc53)c3ccccc3-4)n2)cc1. The van der Waals surface area contributed by atoms with Gasteiger partial charge in [0.2, 0.25) is 0 Å². The first kappa shape index (κ1) is 37.6. The Morgan fingerprint density at radius 1 is 0.239 bits per heavy atom. The molecule has 14 rings (SSSR count). The molecule has 0 N–H and O–H groups in total. The maximum Gasteiger partial charge on any atom is 0.164 e. The summed E-state index contributed by atoms with van der Waals surface area (Å²) in [6, 6.07) is 85.7. The normalized spacial score (nSPS) is 12.9. The van der Waals surface area contributed by atoms with Crippen molar-refractivity contribution >= 4 is 32.3 Å². The molecule has 0 amide bonds. The number of aromatic nitrogens is 3. The Hall–Kier alpha value is -8.79. The lowest BCUT2D eigenvalue weighted by molar-refractivity contribution is 0.794. The molecule has 0 saturated carbocycles. The third kappa shape index (κ3) is 5.55. The van der Waals surface area contributed by atoms with Crippen molar-refractivity contribution in [1.29, 1.82) is 0 Å². The van der Waals surface area contributed by atoms with Gasteiger partial charge in [0, 0.05) is 16.7 Å². The van der Waals surface area contributed by atoms with Crippen molar-refractivity contribution in [2.24, 2.45) is 0 Å². The number of fused-ring (bicyclic) bond motifs is 14. The molecule has 1 heterocycles. The van der Waals surface area contributed by atoms with E-state index in [9.17, 15) is 0 Å². The molecule has 3 heteroatoms. The van der Waals surface area contributed by atoms with Crippen molar-refractivity contribution in [2.45, 2.75) is 5.41 Å². The lowest BCUT2D eigenvalue weighted by Crippen LogP contribution is -2.25. The second-order valence-corrected chi connectivity index (χ2v) is 17.8. The molecule has 3 nitrogen and oxygen atoms in total. The van der Waals surface area contributed by atoms with E-state index in [4.69, 9.17) is 15.0 Å². The molecular formula is C64H39N3. The summed E-state index contributed by atoms with van der Waals surface area (Å²) in [6.07, 6.45) is 0. The van der Waals surface area contributed by atoms with Crippen molar-refractivity contribution in [3.8, 4) is 78.7 Å². The fraction of sp³-hybridized carbons (Fsp3) is 0.0156. The first-order chi connectivity index (χ1) is 33.2. The minimum absolute atomic E-state index is 0.485. The zero-order chi connectivity index (χ0) is 44.1. The molecule has 0 unspecified atom stereocenters. The monoisotopic (exact) mass is 849 g/mol. The van der Waals surface area contributed by atoms with Gasteiger partial charge in [-0.15, -0.1) is 0 Å². The van der Waals surface area contributed by atoms with Gasteiger partial charge < -0.3 is 0 Å². The second-order valence-electron chi connectivity index (χ2n) is 17.8. The summed E-state index contributed by atoms with van der Waals surface area (Å²) in [4.78, 5) is 16.1. The number of rotatable bonds is 5. The zero-order valence-electron chi connectivity index (χ0n) is 36.4. The third-order valence-corrected chi connectivity index (χ3v) is 14.3. The molecule has 12 aromatic rings. The summed E-state index contributed by atoms with van der Waals surface area (Å²) < 4.78 is 0. The summed E-state index contributed by atoms with van der Waals surface area (Å²) in [6.45, 7) is 0. The summed E-state index contributed by atoms with van der Waals surface area (Å²) >= 11 is 0. The van der Waals surface area contributed by atoms with Gasteiger partial charge in [-0.2, -0.15) is 0 Å². The minimum atomic E-state index is -0.485. The molecule has 0 bridgehead atoms. The molecule has 0 radical (unpaired) electrons. The smallest absolute Gasteiger partial charge is 0.164 e. The van der Waals surface area contributed by atoms with E-state index in [1.54, 1.807) is 0 Å². The van der Waals surface area contributed by atoms with Gasteiger partial charge in [-0.1, -0.05) is 224 Å². The average Bonchev–Trinajstić information content (AvgIpc) is 3.87. The lowest BCUT2D eigenvalue weighted by Gasteiger charge is -2.30. The van der Waals surface area contributed by atoms with Crippen LogP contribution in [0.3, 0.4) is 0 Å². The van der Waals surface area contributed by atoms with Crippen LogP contribution in [0.25, 0.3) is 111 Å². The second kappa shape index (κ2) is 14.6. The summed E-state index contributed by atoms with van der Waals surface area (Å²) in [7, 11) is 0. The van der Waals surface area contributed by atoms with Crippen LogP contribution < -0.4 is 0 Å².